The molecule has 3 rings (SSSR count). The topological polar surface area (TPSA) is 250 Å². The number of carboxylic acids is 1. The van der Waals surface area contributed by atoms with Crippen LogP contribution >= 0.6 is 0 Å². The first-order valence-electron chi connectivity index (χ1n) is 10.4. The number of carboxylic acid groups (broad SMARTS) is 1. The number of benzene rings is 3. The van der Waals surface area contributed by atoms with Crippen LogP contribution in [0.3, 0.4) is 0 Å². The lowest BCUT2D eigenvalue weighted by Gasteiger charge is -2.11. The van der Waals surface area contributed by atoms with Gasteiger partial charge >= 0.3 is 5.97 Å². The van der Waals surface area contributed by atoms with Crippen molar-refractivity contribution in [2.24, 2.45) is 15.3 Å². The van der Waals surface area contributed by atoms with Crippen LogP contribution in [0.4, 0.5) is 11.4 Å². The second-order valence-electron chi connectivity index (χ2n) is 7.58. The van der Waals surface area contributed by atoms with Crippen molar-refractivity contribution in [3.8, 4) is 5.75 Å². The van der Waals surface area contributed by atoms with E-state index in [0.29, 0.717) is 17.5 Å². The van der Waals surface area contributed by atoms with Crippen molar-refractivity contribution < 1.29 is 49.4 Å². The summed E-state index contributed by atoms with van der Waals surface area (Å²) in [7, 11) is -14.1. The third-order valence-electron chi connectivity index (χ3n) is 4.94. The van der Waals surface area contributed by atoms with Gasteiger partial charge in [-0.25, -0.2) is 13.2 Å². The number of phenolic OH excluding ortho intramolecular Hbond substituents is 1. The zero-order chi connectivity index (χ0) is 29.9. The molecule has 0 radical (unpaired) electrons. The summed E-state index contributed by atoms with van der Waals surface area (Å²) in [4.78, 5) is 9.11. The van der Waals surface area contributed by atoms with E-state index in [4.69, 9.17) is 0 Å². The largest absolute Gasteiger partial charge is 0.504 e. The van der Waals surface area contributed by atoms with Crippen LogP contribution in [0.2, 0.25) is 0 Å². The van der Waals surface area contributed by atoms with Crippen LogP contribution in [0.5, 0.6) is 5.75 Å². The molecule has 0 saturated heterocycles. The van der Waals surface area contributed by atoms with E-state index in [2.05, 4.69) is 27.3 Å². The van der Waals surface area contributed by atoms with Crippen LogP contribution in [0, 0.1) is 0 Å². The molecule has 3 aromatic rings. The highest BCUT2D eigenvalue weighted by molar-refractivity contribution is 7.94. The van der Waals surface area contributed by atoms with E-state index in [1.165, 1.54) is 12.1 Å². The lowest BCUT2D eigenvalue weighted by Crippen LogP contribution is -2.06. The Balaban J connectivity index is 2.17. The normalized spacial score (nSPS) is 12.8. The molecule has 0 unspecified atom stereocenters. The number of nitrogens with zero attached hydrogens (tertiary/aromatic N) is 3. The van der Waals surface area contributed by atoms with E-state index in [1.54, 1.807) is 18.2 Å². The highest BCUT2D eigenvalue weighted by atomic mass is 32.2. The predicted molar refractivity (Wildman–Crippen MR) is 140 cm³/mol. The lowest BCUT2D eigenvalue weighted by atomic mass is 10.2. The Morgan fingerprint density at radius 1 is 0.875 bits per heavy atom. The number of aromatic hydroxyl groups is 1. The van der Waals surface area contributed by atoms with Gasteiger partial charge in [-0.1, -0.05) is 36.9 Å². The maximum absolute atomic E-state index is 12.3. The Morgan fingerprint density at radius 2 is 1.52 bits per heavy atom. The fourth-order valence-electron chi connectivity index (χ4n) is 3.01. The van der Waals surface area contributed by atoms with Crippen molar-refractivity contribution >= 4 is 53.3 Å². The highest BCUT2D eigenvalue weighted by Gasteiger charge is 2.24. The van der Waals surface area contributed by atoms with E-state index in [1.807, 2.05) is 0 Å². The number of azo groups is 1. The minimum atomic E-state index is -5.11. The average molecular weight is 611 g/mol. The van der Waals surface area contributed by atoms with Crippen molar-refractivity contribution in [1.82, 2.24) is 0 Å². The van der Waals surface area contributed by atoms with Crippen LogP contribution < -0.4 is 5.43 Å². The number of hydrogen-bond donors (Lipinski definition) is 5. The van der Waals surface area contributed by atoms with Gasteiger partial charge in [0.2, 0.25) is 5.84 Å². The van der Waals surface area contributed by atoms with Crippen molar-refractivity contribution in [1.29, 1.82) is 0 Å². The minimum absolute atomic E-state index is 0.245. The summed E-state index contributed by atoms with van der Waals surface area (Å²) in [5.74, 6) is -2.99. The van der Waals surface area contributed by atoms with Gasteiger partial charge in [-0.05, 0) is 30.3 Å². The Kier molecular flexibility index (Phi) is 8.51. The number of phenols is 1. The summed E-state index contributed by atoms with van der Waals surface area (Å²) >= 11 is 0. The van der Waals surface area contributed by atoms with E-state index >= 15 is 0 Å². The summed E-state index contributed by atoms with van der Waals surface area (Å²) < 4.78 is 89.4. The zero-order valence-corrected chi connectivity index (χ0v) is 22.2. The van der Waals surface area contributed by atoms with Crippen molar-refractivity contribution in [2.45, 2.75) is 14.7 Å². The standard InChI is InChI=1S/C22H18N4O11S3/c1-2-38(30,31)15-11-18(20(27)19(12-15)40(35,36)37)24-26-21(13-6-4-3-5-7-13)25-23-17-9-8-14(39(32,33)34)10-16(17)22(28)29/h2-12,24,27H,1H2,(H,28,29)(H,32,33,34)(H,35,36,37). The molecular formula is C22H18N4O11S3. The summed E-state index contributed by atoms with van der Waals surface area (Å²) in [5, 5.41) is 31.9. The molecule has 0 atom stereocenters. The fourth-order valence-corrected chi connectivity index (χ4v) is 4.97. The second-order valence-corrected chi connectivity index (χ2v) is 12.3. The fraction of sp³-hybridized carbons (Fsp3) is 0. The first-order chi connectivity index (χ1) is 18.5. The van der Waals surface area contributed by atoms with Gasteiger partial charge < -0.3 is 10.2 Å². The number of sulfone groups is 1. The van der Waals surface area contributed by atoms with Gasteiger partial charge in [0, 0.05) is 11.0 Å². The van der Waals surface area contributed by atoms with E-state index in [0.717, 1.165) is 18.2 Å². The van der Waals surface area contributed by atoms with Crippen LogP contribution in [0.1, 0.15) is 15.9 Å². The Bertz CT molecular complexity index is 1890. The lowest BCUT2D eigenvalue weighted by molar-refractivity contribution is 0.0697. The molecule has 15 nitrogen and oxygen atoms in total. The molecule has 5 N–H and O–H groups in total. The molecular weight excluding hydrogens is 592 g/mol. The minimum Gasteiger partial charge on any atom is -0.504 e. The number of hydrogen-bond acceptors (Lipinski definition) is 11. The zero-order valence-electron chi connectivity index (χ0n) is 19.8. The monoisotopic (exact) mass is 610 g/mol. The quantitative estimate of drug-likeness (QED) is 0.0585. The number of carbonyl (C=O) groups is 1. The molecule has 0 fully saturated rings. The van der Waals surface area contributed by atoms with E-state index in [-0.39, 0.29) is 17.1 Å². The molecule has 40 heavy (non-hydrogen) atoms. The molecule has 3 aromatic carbocycles. The molecule has 0 bridgehead atoms. The number of aromatic carboxylic acids is 1. The van der Waals surface area contributed by atoms with Crippen LogP contribution in [-0.4, -0.2) is 56.4 Å². The number of hydrazone groups is 1. The molecule has 0 aliphatic heterocycles. The van der Waals surface area contributed by atoms with Gasteiger partial charge in [0.1, 0.15) is 16.3 Å². The third-order valence-corrected chi connectivity index (χ3v) is 7.99. The summed E-state index contributed by atoms with van der Waals surface area (Å²) in [6, 6.07) is 11.6. The average Bonchev–Trinajstić information content (AvgIpc) is 2.88. The molecule has 0 aromatic heterocycles. The number of amidine groups is 1. The van der Waals surface area contributed by atoms with Crippen LogP contribution in [0.15, 0.2) is 103 Å². The molecule has 0 spiro atoms. The molecule has 0 aliphatic carbocycles. The van der Waals surface area contributed by atoms with Gasteiger partial charge in [0.15, 0.2) is 15.6 Å². The maximum Gasteiger partial charge on any atom is 0.338 e. The molecule has 0 aliphatic rings. The number of rotatable bonds is 9. The Morgan fingerprint density at radius 3 is 2.08 bits per heavy atom. The predicted octanol–water partition coefficient (Wildman–Crippen LogP) is 3.06. The summed E-state index contributed by atoms with van der Waals surface area (Å²) in [5.41, 5.74) is 0.905. The molecule has 210 valence electrons. The van der Waals surface area contributed by atoms with E-state index in [9.17, 15) is 49.4 Å². The van der Waals surface area contributed by atoms with Gasteiger partial charge in [-0.3, -0.25) is 14.5 Å². The van der Waals surface area contributed by atoms with Gasteiger partial charge in [0.05, 0.1) is 15.4 Å². The summed E-state index contributed by atoms with van der Waals surface area (Å²) in [6.07, 6.45) is 0. The molecule has 0 heterocycles. The SMILES string of the molecule is C=CS(=O)(=O)c1cc(NN=C(N=Nc2ccc(S(=O)(=O)O)cc2C(=O)O)c2ccccc2)c(O)c(S(=O)(=O)O)c1. The van der Waals surface area contributed by atoms with Crippen molar-refractivity contribution in [2.75, 3.05) is 5.43 Å². The summed E-state index contributed by atoms with van der Waals surface area (Å²) in [6.45, 7) is 3.13. The first-order valence-corrected chi connectivity index (χ1v) is 14.8. The van der Waals surface area contributed by atoms with E-state index < -0.39 is 67.7 Å². The number of anilines is 1. The maximum atomic E-state index is 12.3. The Hall–Kier alpha value is -4.49. The smallest absolute Gasteiger partial charge is 0.338 e. The van der Waals surface area contributed by atoms with Gasteiger partial charge in [-0.15, -0.1) is 10.2 Å². The third kappa shape index (κ3) is 6.93. The first kappa shape index (κ1) is 30.1. The molecule has 0 saturated carbocycles. The van der Waals surface area contributed by atoms with Crippen LogP contribution in [0.25, 0.3) is 0 Å². The van der Waals surface area contributed by atoms with Crippen molar-refractivity contribution in [3.05, 3.63) is 83.8 Å². The molecule has 18 heteroatoms. The number of nitrogens with one attached hydrogen (secondary N) is 1. The highest BCUT2D eigenvalue weighted by Crippen LogP contribution is 2.35. The van der Waals surface area contributed by atoms with Crippen LogP contribution in [-0.2, 0) is 30.1 Å². The second kappa shape index (κ2) is 11.3. The molecule has 0 amide bonds. The van der Waals surface area contributed by atoms with Crippen molar-refractivity contribution in [3.63, 3.8) is 0 Å². The Labute approximate surface area is 227 Å². The van der Waals surface area contributed by atoms with Gasteiger partial charge in [-0.2, -0.15) is 21.9 Å². The van der Waals surface area contributed by atoms with Gasteiger partial charge in [0.25, 0.3) is 20.2 Å².